The van der Waals surface area contributed by atoms with Crippen LogP contribution in [0.15, 0.2) is 30.5 Å². The van der Waals surface area contributed by atoms with Crippen LogP contribution >= 0.6 is 11.6 Å². The van der Waals surface area contributed by atoms with Crippen molar-refractivity contribution in [1.29, 1.82) is 0 Å². The summed E-state index contributed by atoms with van der Waals surface area (Å²) in [4.78, 5) is 4.58. The van der Waals surface area contributed by atoms with Crippen LogP contribution in [0.1, 0.15) is 30.4 Å². The van der Waals surface area contributed by atoms with E-state index >= 15 is 0 Å². The monoisotopic (exact) mass is 260 g/mol. The molecule has 0 fully saturated rings. The van der Waals surface area contributed by atoms with Gasteiger partial charge in [0.2, 0.25) is 0 Å². The van der Waals surface area contributed by atoms with Crippen molar-refractivity contribution in [3.8, 4) is 0 Å². The van der Waals surface area contributed by atoms with Crippen molar-refractivity contribution in [3.05, 3.63) is 52.6 Å². The second-order valence-corrected chi connectivity index (χ2v) is 5.66. The molecule has 0 aliphatic carbocycles. The highest BCUT2D eigenvalue weighted by Gasteiger charge is 2.18. The Hall–Kier alpha value is -1.28. The van der Waals surface area contributed by atoms with Crippen LogP contribution in [0.2, 0.25) is 5.02 Å². The van der Waals surface area contributed by atoms with Crippen molar-refractivity contribution in [2.24, 2.45) is 5.92 Å². The molecule has 0 amide bonds. The summed E-state index contributed by atoms with van der Waals surface area (Å²) < 4.78 is 2.38. The highest BCUT2D eigenvalue weighted by molar-refractivity contribution is 6.30. The van der Waals surface area contributed by atoms with Crippen LogP contribution in [0.4, 0.5) is 0 Å². The van der Waals surface area contributed by atoms with Crippen LogP contribution in [0.25, 0.3) is 0 Å². The second-order valence-electron chi connectivity index (χ2n) is 5.22. The van der Waals surface area contributed by atoms with Gasteiger partial charge in [0.15, 0.2) is 0 Å². The van der Waals surface area contributed by atoms with Gasteiger partial charge in [-0.2, -0.15) is 0 Å². The highest BCUT2D eigenvalue weighted by Crippen LogP contribution is 2.23. The van der Waals surface area contributed by atoms with Gasteiger partial charge in [0.25, 0.3) is 0 Å². The number of imidazole rings is 1. The SMILES string of the molecule is CC1CCn2c(cnc2Cc2cccc(Cl)c2)C1. The molecule has 2 aromatic rings. The van der Waals surface area contributed by atoms with Crippen molar-refractivity contribution < 1.29 is 0 Å². The Kier molecular flexibility index (Phi) is 3.13. The summed E-state index contributed by atoms with van der Waals surface area (Å²) in [5.74, 6) is 1.95. The summed E-state index contributed by atoms with van der Waals surface area (Å²) in [6.45, 7) is 3.42. The minimum absolute atomic E-state index is 0.785. The molecule has 2 nitrogen and oxygen atoms in total. The van der Waals surface area contributed by atoms with E-state index in [1.54, 1.807) is 0 Å². The van der Waals surface area contributed by atoms with Gasteiger partial charge in [0.05, 0.1) is 0 Å². The molecule has 3 heteroatoms. The van der Waals surface area contributed by atoms with Gasteiger partial charge in [-0.1, -0.05) is 30.7 Å². The van der Waals surface area contributed by atoms with E-state index < -0.39 is 0 Å². The molecule has 0 saturated heterocycles. The molecule has 0 bridgehead atoms. The third-order valence-electron chi connectivity index (χ3n) is 3.68. The molecule has 1 aliphatic rings. The predicted molar refractivity (Wildman–Crippen MR) is 74.0 cm³/mol. The van der Waals surface area contributed by atoms with Gasteiger partial charge in [-0.25, -0.2) is 4.98 Å². The Morgan fingerprint density at radius 1 is 1.44 bits per heavy atom. The maximum absolute atomic E-state index is 6.02. The molecule has 2 heterocycles. The number of hydrogen-bond donors (Lipinski definition) is 0. The lowest BCUT2D eigenvalue weighted by Gasteiger charge is -2.21. The lowest BCUT2D eigenvalue weighted by Crippen LogP contribution is -2.18. The van der Waals surface area contributed by atoms with Gasteiger partial charge in [0.1, 0.15) is 5.82 Å². The first-order valence-corrected chi connectivity index (χ1v) is 6.88. The fourth-order valence-electron chi connectivity index (χ4n) is 2.67. The fourth-order valence-corrected chi connectivity index (χ4v) is 2.88. The molecular weight excluding hydrogens is 244 g/mol. The first kappa shape index (κ1) is 11.8. The third kappa shape index (κ3) is 2.30. The van der Waals surface area contributed by atoms with Crippen molar-refractivity contribution in [3.63, 3.8) is 0 Å². The van der Waals surface area contributed by atoms with Crippen LogP contribution in [-0.4, -0.2) is 9.55 Å². The smallest absolute Gasteiger partial charge is 0.113 e. The Labute approximate surface area is 113 Å². The van der Waals surface area contributed by atoms with E-state index in [-0.39, 0.29) is 0 Å². The number of benzene rings is 1. The van der Waals surface area contributed by atoms with Crippen LogP contribution in [0.3, 0.4) is 0 Å². The van der Waals surface area contributed by atoms with E-state index in [2.05, 4.69) is 22.5 Å². The van der Waals surface area contributed by atoms with Gasteiger partial charge in [-0.3, -0.25) is 0 Å². The Morgan fingerprint density at radius 2 is 2.33 bits per heavy atom. The molecular formula is C15H17ClN2. The minimum atomic E-state index is 0.785. The quantitative estimate of drug-likeness (QED) is 0.805. The number of halogens is 1. The summed E-state index contributed by atoms with van der Waals surface area (Å²) >= 11 is 6.02. The Balaban J connectivity index is 1.86. The number of aromatic nitrogens is 2. The van der Waals surface area contributed by atoms with Gasteiger partial charge < -0.3 is 4.57 Å². The zero-order valence-electron chi connectivity index (χ0n) is 10.6. The van der Waals surface area contributed by atoms with Gasteiger partial charge in [-0.15, -0.1) is 0 Å². The summed E-state index contributed by atoms with van der Waals surface area (Å²) in [6.07, 6.45) is 5.32. The van der Waals surface area contributed by atoms with E-state index in [4.69, 9.17) is 11.6 Å². The lowest BCUT2D eigenvalue weighted by atomic mass is 9.98. The Bertz CT molecular complexity index is 559. The second kappa shape index (κ2) is 4.77. The number of rotatable bonds is 2. The van der Waals surface area contributed by atoms with Gasteiger partial charge in [0, 0.05) is 29.9 Å². The molecule has 0 saturated carbocycles. The van der Waals surface area contributed by atoms with E-state index in [9.17, 15) is 0 Å². The first-order chi connectivity index (χ1) is 8.72. The molecule has 18 heavy (non-hydrogen) atoms. The molecule has 1 atom stereocenters. The zero-order valence-corrected chi connectivity index (χ0v) is 11.3. The third-order valence-corrected chi connectivity index (χ3v) is 3.91. The van der Waals surface area contributed by atoms with E-state index in [0.717, 1.165) is 30.3 Å². The van der Waals surface area contributed by atoms with E-state index in [1.807, 2.05) is 24.4 Å². The largest absolute Gasteiger partial charge is 0.332 e. The van der Waals surface area contributed by atoms with Crippen LogP contribution in [-0.2, 0) is 19.4 Å². The molecule has 0 radical (unpaired) electrons. The minimum Gasteiger partial charge on any atom is -0.332 e. The van der Waals surface area contributed by atoms with Crippen LogP contribution in [0.5, 0.6) is 0 Å². The molecule has 1 unspecified atom stereocenters. The van der Waals surface area contributed by atoms with Crippen LogP contribution < -0.4 is 0 Å². The average molecular weight is 261 g/mol. The van der Waals surface area contributed by atoms with Crippen LogP contribution in [0, 0.1) is 5.92 Å². The first-order valence-electron chi connectivity index (χ1n) is 6.50. The number of hydrogen-bond acceptors (Lipinski definition) is 1. The lowest BCUT2D eigenvalue weighted by molar-refractivity contribution is 0.410. The van der Waals surface area contributed by atoms with E-state index in [1.165, 1.54) is 23.5 Å². The summed E-state index contributed by atoms with van der Waals surface area (Å²) in [7, 11) is 0. The van der Waals surface area contributed by atoms with Crippen molar-refractivity contribution in [2.45, 2.75) is 32.7 Å². The molecule has 3 rings (SSSR count). The normalized spacial score (nSPS) is 18.7. The van der Waals surface area contributed by atoms with Crippen molar-refractivity contribution >= 4 is 11.6 Å². The zero-order chi connectivity index (χ0) is 12.5. The average Bonchev–Trinajstić information content (AvgIpc) is 2.72. The molecule has 1 aromatic carbocycles. The molecule has 1 aliphatic heterocycles. The molecule has 0 spiro atoms. The topological polar surface area (TPSA) is 17.8 Å². The molecule has 0 N–H and O–H groups in total. The van der Waals surface area contributed by atoms with Gasteiger partial charge in [-0.05, 0) is 36.5 Å². The molecule has 94 valence electrons. The Morgan fingerprint density at radius 3 is 3.17 bits per heavy atom. The highest BCUT2D eigenvalue weighted by atomic mass is 35.5. The number of nitrogens with zero attached hydrogens (tertiary/aromatic N) is 2. The summed E-state index contributed by atoms with van der Waals surface area (Å²) in [5.41, 5.74) is 2.61. The maximum Gasteiger partial charge on any atom is 0.113 e. The standard InChI is InChI=1S/C15H17ClN2/c1-11-5-6-18-14(7-11)10-17-15(18)9-12-3-2-4-13(16)8-12/h2-4,8,10-11H,5-7,9H2,1H3. The van der Waals surface area contributed by atoms with Crippen molar-refractivity contribution in [1.82, 2.24) is 9.55 Å². The van der Waals surface area contributed by atoms with Crippen molar-refractivity contribution in [2.75, 3.05) is 0 Å². The summed E-state index contributed by atoms with van der Waals surface area (Å²) in [5, 5.41) is 0.798. The fraction of sp³-hybridized carbons (Fsp3) is 0.400. The summed E-state index contributed by atoms with van der Waals surface area (Å²) in [6, 6.07) is 8.04. The predicted octanol–water partition coefficient (Wildman–Crippen LogP) is 3.71. The van der Waals surface area contributed by atoms with E-state index in [0.29, 0.717) is 0 Å². The maximum atomic E-state index is 6.02. The van der Waals surface area contributed by atoms with Gasteiger partial charge >= 0.3 is 0 Å². The molecule has 1 aromatic heterocycles. The number of fused-ring (bicyclic) bond motifs is 1.